The number of thioether (sulfide) groups is 1. The molecule has 4 rings (SSSR count). The van der Waals surface area contributed by atoms with Gasteiger partial charge < -0.3 is 25.4 Å². The van der Waals surface area contributed by atoms with Gasteiger partial charge in [-0.15, -0.1) is 13.2 Å². The van der Waals surface area contributed by atoms with Crippen molar-refractivity contribution < 1.29 is 50.2 Å². The molecule has 3 N–H and O–H groups in total. The first kappa shape index (κ1) is 34.0. The third-order valence-electron chi connectivity index (χ3n) is 5.96. The number of nitrogens with zero attached hydrogens (tertiary/aromatic N) is 2. The van der Waals surface area contributed by atoms with Gasteiger partial charge >= 0.3 is 24.6 Å². The molecule has 0 atom stereocenters. The van der Waals surface area contributed by atoms with Crippen molar-refractivity contribution >= 4 is 52.0 Å². The molecule has 1 saturated heterocycles. The van der Waals surface area contributed by atoms with Crippen LogP contribution in [0.4, 0.5) is 53.0 Å². The number of amidine groups is 1. The van der Waals surface area contributed by atoms with E-state index in [4.69, 9.17) is 4.74 Å². The Balaban J connectivity index is 1.28. The van der Waals surface area contributed by atoms with E-state index < -0.39 is 42.9 Å². The molecule has 1 fully saturated rings. The lowest BCUT2D eigenvalue weighted by molar-refractivity contribution is -0.274. The topological polar surface area (TPSA) is 121 Å². The molecule has 0 spiro atoms. The summed E-state index contributed by atoms with van der Waals surface area (Å²) in [7, 11) is 0. The third-order valence-corrected chi connectivity index (χ3v) is 6.88. The Bertz CT molecular complexity index is 1600. The van der Waals surface area contributed by atoms with Crippen LogP contribution in [0.3, 0.4) is 0 Å². The molecule has 1 heterocycles. The first-order valence-corrected chi connectivity index (χ1v) is 14.3. The van der Waals surface area contributed by atoms with Crippen LogP contribution in [0.5, 0.6) is 11.5 Å². The number of anilines is 3. The summed E-state index contributed by atoms with van der Waals surface area (Å²) < 4.78 is 83.8. The van der Waals surface area contributed by atoms with Gasteiger partial charge in [0.1, 0.15) is 11.5 Å². The second-order valence-electron chi connectivity index (χ2n) is 9.62. The monoisotopic (exact) mass is 669 g/mol. The molecule has 0 aromatic heterocycles. The van der Waals surface area contributed by atoms with Crippen molar-refractivity contribution in [2.45, 2.75) is 25.9 Å². The fourth-order valence-corrected chi connectivity index (χ4v) is 4.85. The molecular formula is C29H25F6N5O5S. The second-order valence-corrected chi connectivity index (χ2v) is 10.6. The maximum Gasteiger partial charge on any atom is 0.573 e. The first-order valence-electron chi connectivity index (χ1n) is 13.3. The minimum atomic E-state index is -4.83. The van der Waals surface area contributed by atoms with Crippen LogP contribution in [0.25, 0.3) is 0 Å². The van der Waals surface area contributed by atoms with Gasteiger partial charge in [-0.05, 0) is 73.0 Å². The molecule has 0 bridgehead atoms. The van der Waals surface area contributed by atoms with Crippen molar-refractivity contribution in [3.63, 3.8) is 0 Å². The van der Waals surface area contributed by atoms with Crippen LogP contribution in [0.15, 0.2) is 71.7 Å². The van der Waals surface area contributed by atoms with Crippen molar-refractivity contribution in [3.05, 3.63) is 77.9 Å². The summed E-state index contributed by atoms with van der Waals surface area (Å²) in [5.74, 6) is -1.16. The molecule has 1 aliphatic rings. The molecule has 3 aromatic rings. The summed E-state index contributed by atoms with van der Waals surface area (Å²) in [6.45, 7) is 0.283. The zero-order valence-corrected chi connectivity index (χ0v) is 24.6. The van der Waals surface area contributed by atoms with Crippen LogP contribution in [0.2, 0.25) is 0 Å². The Morgan fingerprint density at radius 2 is 1.57 bits per heavy atom. The van der Waals surface area contributed by atoms with Crippen LogP contribution in [0, 0.1) is 6.92 Å². The minimum absolute atomic E-state index is 0.00996. The molecule has 0 saturated carbocycles. The number of ether oxygens (including phenoxy) is 2. The van der Waals surface area contributed by atoms with Gasteiger partial charge in [0.2, 0.25) is 5.91 Å². The molecule has 3 aromatic carbocycles. The van der Waals surface area contributed by atoms with Crippen molar-refractivity contribution in [1.29, 1.82) is 0 Å². The van der Waals surface area contributed by atoms with Crippen molar-refractivity contribution in [2.75, 3.05) is 34.4 Å². The lowest BCUT2D eigenvalue weighted by Crippen LogP contribution is -2.32. The highest BCUT2D eigenvalue weighted by Crippen LogP contribution is 2.36. The standard InChI is InChI=1S/C29H25F6N5O5S/c1-17-2-11-23(44-16-28(30,31)32)22(14-17)40-24(41)15-46-27(40)39-25(42)36-13-12-18-3-5-19(6-4-18)37-26(43)38-20-7-9-21(10-8-20)45-29(33,34)35/h2-11,14H,12-13,15-16H2,1H3,(H,36,42)(H2,37,38,43)/b39-27-. The third kappa shape index (κ3) is 10.3. The number of rotatable bonds is 9. The normalized spacial score (nSPS) is 14.3. The number of amides is 5. The average molecular weight is 670 g/mol. The van der Waals surface area contributed by atoms with E-state index in [-0.39, 0.29) is 34.6 Å². The van der Waals surface area contributed by atoms with Crippen molar-refractivity contribution in [2.24, 2.45) is 4.99 Å². The van der Waals surface area contributed by atoms with Crippen LogP contribution in [-0.2, 0) is 11.2 Å². The van der Waals surface area contributed by atoms with Gasteiger partial charge in [-0.1, -0.05) is 30.0 Å². The van der Waals surface area contributed by atoms with Gasteiger partial charge in [-0.3, -0.25) is 9.69 Å². The zero-order valence-electron chi connectivity index (χ0n) is 23.8. The summed E-state index contributed by atoms with van der Waals surface area (Å²) >= 11 is 0.961. The van der Waals surface area contributed by atoms with E-state index in [9.17, 15) is 40.7 Å². The predicted octanol–water partition coefficient (Wildman–Crippen LogP) is 6.87. The highest BCUT2D eigenvalue weighted by Gasteiger charge is 2.34. The molecule has 17 heteroatoms. The summed E-state index contributed by atoms with van der Waals surface area (Å²) in [6, 6.07) is 14.1. The molecular weight excluding hydrogens is 644 g/mol. The Morgan fingerprint density at radius 1 is 0.935 bits per heavy atom. The zero-order chi connectivity index (χ0) is 33.5. The molecule has 0 aliphatic carbocycles. The number of aryl methyl sites for hydroxylation is 1. The number of urea groups is 2. The highest BCUT2D eigenvalue weighted by molar-refractivity contribution is 8.15. The summed E-state index contributed by atoms with van der Waals surface area (Å²) in [5, 5.41) is 7.65. The van der Waals surface area contributed by atoms with Crippen LogP contribution in [0.1, 0.15) is 11.1 Å². The number of benzene rings is 3. The predicted molar refractivity (Wildman–Crippen MR) is 159 cm³/mol. The SMILES string of the molecule is Cc1ccc(OCC(F)(F)F)c(N2C(=O)CS/C2=N\C(=O)NCCc2ccc(NC(=O)Nc3ccc(OC(F)(F)F)cc3)cc2)c1. The van der Waals surface area contributed by atoms with E-state index in [1.165, 1.54) is 30.3 Å². The molecule has 46 heavy (non-hydrogen) atoms. The Morgan fingerprint density at radius 3 is 2.17 bits per heavy atom. The number of alkyl halides is 6. The molecule has 1 aliphatic heterocycles. The number of aliphatic imine (C=N–C) groups is 1. The Kier molecular flexibility index (Phi) is 10.7. The van der Waals surface area contributed by atoms with E-state index in [1.54, 1.807) is 31.2 Å². The Labute approximate surface area is 262 Å². The van der Waals surface area contributed by atoms with Gasteiger partial charge in [-0.2, -0.15) is 18.2 Å². The summed E-state index contributed by atoms with van der Waals surface area (Å²) in [4.78, 5) is 42.4. The van der Waals surface area contributed by atoms with Crippen LogP contribution in [-0.4, -0.2) is 54.6 Å². The molecule has 5 amide bonds. The van der Waals surface area contributed by atoms with Crippen molar-refractivity contribution in [3.8, 4) is 11.5 Å². The quantitative estimate of drug-likeness (QED) is 0.214. The van der Waals surface area contributed by atoms with Crippen LogP contribution < -0.4 is 30.3 Å². The number of nitrogens with one attached hydrogen (secondary N) is 3. The maximum absolute atomic E-state index is 12.8. The molecule has 0 radical (unpaired) electrons. The summed E-state index contributed by atoms with van der Waals surface area (Å²) in [5.41, 5.74) is 2.14. The van der Waals surface area contributed by atoms with Gasteiger partial charge in [0.25, 0.3) is 0 Å². The van der Waals surface area contributed by atoms with Gasteiger partial charge in [0, 0.05) is 17.9 Å². The smallest absolute Gasteiger partial charge is 0.482 e. The number of carbonyl (C=O) groups is 3. The van der Waals surface area contributed by atoms with Gasteiger partial charge in [0.15, 0.2) is 11.8 Å². The van der Waals surface area contributed by atoms with E-state index in [2.05, 4.69) is 25.7 Å². The largest absolute Gasteiger partial charge is 0.573 e. The first-order chi connectivity index (χ1) is 21.6. The molecule has 0 unspecified atom stereocenters. The van der Waals surface area contributed by atoms with E-state index in [0.717, 1.165) is 34.4 Å². The molecule has 244 valence electrons. The number of hydrogen-bond donors (Lipinski definition) is 3. The fourth-order valence-electron chi connectivity index (χ4n) is 3.99. The molecule has 10 nitrogen and oxygen atoms in total. The van der Waals surface area contributed by atoms with E-state index in [0.29, 0.717) is 17.7 Å². The van der Waals surface area contributed by atoms with Crippen molar-refractivity contribution in [1.82, 2.24) is 5.32 Å². The minimum Gasteiger partial charge on any atom is -0.482 e. The lowest BCUT2D eigenvalue weighted by Gasteiger charge is -2.21. The maximum atomic E-state index is 12.8. The van der Waals surface area contributed by atoms with Gasteiger partial charge in [0.05, 0.1) is 11.4 Å². The highest BCUT2D eigenvalue weighted by atomic mass is 32.2. The lowest BCUT2D eigenvalue weighted by atomic mass is 10.1. The second kappa shape index (κ2) is 14.4. The average Bonchev–Trinajstić information content (AvgIpc) is 3.32. The number of carbonyl (C=O) groups excluding carboxylic acids is 3. The van der Waals surface area contributed by atoms with E-state index in [1.807, 2.05) is 0 Å². The summed E-state index contributed by atoms with van der Waals surface area (Å²) in [6.07, 6.45) is -9.05. The van der Waals surface area contributed by atoms with Crippen LogP contribution >= 0.6 is 11.8 Å². The van der Waals surface area contributed by atoms with Gasteiger partial charge in [-0.25, -0.2) is 9.59 Å². The number of halogens is 6. The Hall–Kier alpha value is -4.93. The van der Waals surface area contributed by atoms with E-state index >= 15 is 0 Å². The number of hydrogen-bond acceptors (Lipinski definition) is 6. The fraction of sp³-hybridized carbons (Fsp3) is 0.241.